The van der Waals surface area contributed by atoms with Gasteiger partial charge in [-0.2, -0.15) is 0 Å². The van der Waals surface area contributed by atoms with Crippen molar-refractivity contribution in [2.45, 2.75) is 20.1 Å². The number of rotatable bonds is 4. The summed E-state index contributed by atoms with van der Waals surface area (Å²) in [5.41, 5.74) is 0.645. The minimum Gasteiger partial charge on any atom is -0.484 e. The van der Waals surface area contributed by atoms with Crippen LogP contribution in [0.2, 0.25) is 10.0 Å². The van der Waals surface area contributed by atoms with Crippen molar-refractivity contribution in [3.8, 4) is 5.75 Å². The first-order valence-electron chi connectivity index (χ1n) is 8.03. The first kappa shape index (κ1) is 16.9. The zero-order valence-electron chi connectivity index (χ0n) is 13.8. The van der Waals surface area contributed by atoms with Gasteiger partial charge in [0.1, 0.15) is 12.4 Å². The lowest BCUT2D eigenvalue weighted by Crippen LogP contribution is -2.22. The van der Waals surface area contributed by atoms with Crippen molar-refractivity contribution in [1.29, 1.82) is 0 Å². The highest BCUT2D eigenvalue weighted by Gasteiger charge is 2.16. The molecule has 0 fully saturated rings. The van der Waals surface area contributed by atoms with Crippen molar-refractivity contribution in [2.75, 3.05) is 0 Å². The molecule has 132 valence electrons. The molecular formula is C18H14Cl2N4O2. The van der Waals surface area contributed by atoms with Crippen LogP contribution in [0.4, 0.5) is 0 Å². The fraction of sp³-hybridized carbons (Fsp3) is 0.167. The second-order valence-corrected chi connectivity index (χ2v) is 6.53. The lowest BCUT2D eigenvalue weighted by Gasteiger charge is -2.11. The van der Waals surface area contributed by atoms with Crippen LogP contribution in [0.15, 0.2) is 47.3 Å². The predicted octanol–water partition coefficient (Wildman–Crippen LogP) is 3.95. The van der Waals surface area contributed by atoms with E-state index < -0.39 is 0 Å². The topological polar surface area (TPSA) is 61.4 Å². The average Bonchev–Trinajstić information content (AvgIpc) is 3.07. The second kappa shape index (κ2) is 6.63. The summed E-state index contributed by atoms with van der Waals surface area (Å²) >= 11 is 12.1. The van der Waals surface area contributed by atoms with Gasteiger partial charge >= 0.3 is 0 Å². The van der Waals surface area contributed by atoms with Crippen molar-refractivity contribution in [1.82, 2.24) is 19.2 Å². The summed E-state index contributed by atoms with van der Waals surface area (Å²) in [5, 5.41) is 9.99. The molecule has 2 heterocycles. The Kier molecular flexibility index (Phi) is 4.30. The van der Waals surface area contributed by atoms with Gasteiger partial charge in [-0.1, -0.05) is 35.3 Å². The van der Waals surface area contributed by atoms with Crippen LogP contribution in [0.1, 0.15) is 12.7 Å². The summed E-state index contributed by atoms with van der Waals surface area (Å²) in [6.07, 6.45) is 0. The van der Waals surface area contributed by atoms with Gasteiger partial charge in [0.15, 0.2) is 5.82 Å². The molecule has 8 heteroatoms. The highest BCUT2D eigenvalue weighted by Crippen LogP contribution is 2.28. The number of ether oxygens (including phenoxy) is 1. The van der Waals surface area contributed by atoms with E-state index in [0.29, 0.717) is 39.3 Å². The van der Waals surface area contributed by atoms with Crippen LogP contribution < -0.4 is 10.3 Å². The lowest BCUT2D eigenvalue weighted by molar-refractivity contribution is 0.295. The minimum absolute atomic E-state index is 0.0895. The fourth-order valence-electron chi connectivity index (χ4n) is 2.92. The Balaban J connectivity index is 1.85. The zero-order chi connectivity index (χ0) is 18.3. The summed E-state index contributed by atoms with van der Waals surface area (Å²) < 4.78 is 9.22. The van der Waals surface area contributed by atoms with Crippen molar-refractivity contribution >= 4 is 39.9 Å². The molecule has 0 aliphatic carbocycles. The van der Waals surface area contributed by atoms with E-state index in [1.165, 1.54) is 0 Å². The standard InChI is InChI=1S/C18H14Cl2N4O2/c1-2-23-17(25)12-5-3-4-6-14(12)24-16(21-22-18(23)24)10-26-15-9-11(19)7-8-13(15)20/h3-9H,2,10H2,1H3. The molecule has 0 atom stereocenters. The molecule has 0 bridgehead atoms. The van der Waals surface area contributed by atoms with E-state index in [4.69, 9.17) is 27.9 Å². The van der Waals surface area contributed by atoms with Gasteiger partial charge in [-0.15, -0.1) is 10.2 Å². The summed E-state index contributed by atoms with van der Waals surface area (Å²) in [5.74, 6) is 1.51. The molecule has 0 unspecified atom stereocenters. The van der Waals surface area contributed by atoms with E-state index in [1.807, 2.05) is 29.5 Å². The SMILES string of the molecule is CCn1c(=O)c2ccccc2n2c(COc3cc(Cl)ccc3Cl)nnc12. The molecule has 0 spiro atoms. The van der Waals surface area contributed by atoms with Crippen molar-refractivity contribution in [2.24, 2.45) is 0 Å². The smallest absolute Gasteiger partial charge is 0.262 e. The fourth-order valence-corrected chi connectivity index (χ4v) is 3.26. The molecule has 0 saturated heterocycles. The quantitative estimate of drug-likeness (QED) is 0.530. The van der Waals surface area contributed by atoms with E-state index in [2.05, 4.69) is 10.2 Å². The van der Waals surface area contributed by atoms with Gasteiger partial charge in [0.2, 0.25) is 5.78 Å². The molecule has 26 heavy (non-hydrogen) atoms. The molecule has 0 saturated carbocycles. The Bertz CT molecular complexity index is 1180. The Morgan fingerprint density at radius 1 is 1.12 bits per heavy atom. The second-order valence-electron chi connectivity index (χ2n) is 5.68. The van der Waals surface area contributed by atoms with E-state index in [9.17, 15) is 4.79 Å². The van der Waals surface area contributed by atoms with Gasteiger partial charge in [-0.05, 0) is 31.2 Å². The minimum atomic E-state index is -0.0895. The highest BCUT2D eigenvalue weighted by atomic mass is 35.5. The summed E-state index contributed by atoms with van der Waals surface area (Å²) in [6.45, 7) is 2.52. The van der Waals surface area contributed by atoms with Crippen LogP contribution in [0.3, 0.4) is 0 Å². The van der Waals surface area contributed by atoms with Crippen LogP contribution in [-0.4, -0.2) is 19.2 Å². The number of nitrogens with zero attached hydrogens (tertiary/aromatic N) is 4. The zero-order valence-corrected chi connectivity index (χ0v) is 15.3. The lowest BCUT2D eigenvalue weighted by atomic mass is 10.2. The number of fused-ring (bicyclic) bond motifs is 3. The molecule has 0 aliphatic heterocycles. The van der Waals surface area contributed by atoms with Gasteiger partial charge in [-0.3, -0.25) is 13.8 Å². The average molecular weight is 389 g/mol. The van der Waals surface area contributed by atoms with Crippen molar-refractivity contribution in [3.05, 3.63) is 68.7 Å². The molecule has 4 rings (SSSR count). The maximum atomic E-state index is 12.7. The van der Waals surface area contributed by atoms with E-state index in [0.717, 1.165) is 5.52 Å². The van der Waals surface area contributed by atoms with Gasteiger partial charge in [0.05, 0.1) is 15.9 Å². The predicted molar refractivity (Wildman–Crippen MR) is 101 cm³/mol. The van der Waals surface area contributed by atoms with Crippen LogP contribution in [0, 0.1) is 0 Å². The molecule has 2 aromatic carbocycles. The number of aromatic nitrogens is 4. The number of hydrogen-bond donors (Lipinski definition) is 0. The summed E-state index contributed by atoms with van der Waals surface area (Å²) in [6, 6.07) is 12.4. The van der Waals surface area contributed by atoms with E-state index in [-0.39, 0.29) is 12.2 Å². The third-order valence-corrected chi connectivity index (χ3v) is 4.69. The largest absolute Gasteiger partial charge is 0.484 e. The third kappa shape index (κ3) is 2.71. The monoisotopic (exact) mass is 388 g/mol. The van der Waals surface area contributed by atoms with Gasteiger partial charge < -0.3 is 4.74 Å². The Morgan fingerprint density at radius 3 is 2.73 bits per heavy atom. The first-order valence-corrected chi connectivity index (χ1v) is 8.79. The first-order chi connectivity index (χ1) is 12.6. The summed E-state index contributed by atoms with van der Waals surface area (Å²) in [7, 11) is 0. The molecule has 4 aromatic rings. The maximum absolute atomic E-state index is 12.7. The normalized spacial score (nSPS) is 11.3. The molecule has 2 aromatic heterocycles. The van der Waals surface area contributed by atoms with Gasteiger partial charge in [-0.25, -0.2) is 0 Å². The Labute approximate surface area is 158 Å². The van der Waals surface area contributed by atoms with Gasteiger partial charge in [0.25, 0.3) is 5.56 Å². The van der Waals surface area contributed by atoms with Crippen LogP contribution in [0.25, 0.3) is 16.7 Å². The van der Waals surface area contributed by atoms with Gasteiger partial charge in [0, 0.05) is 17.6 Å². The van der Waals surface area contributed by atoms with Crippen LogP contribution in [0.5, 0.6) is 5.75 Å². The van der Waals surface area contributed by atoms with Crippen LogP contribution in [-0.2, 0) is 13.2 Å². The van der Waals surface area contributed by atoms with Crippen molar-refractivity contribution < 1.29 is 4.74 Å². The highest BCUT2D eigenvalue weighted by molar-refractivity contribution is 6.34. The van der Waals surface area contributed by atoms with E-state index >= 15 is 0 Å². The molecule has 0 N–H and O–H groups in total. The molecule has 6 nitrogen and oxygen atoms in total. The molecule has 0 amide bonds. The molecular weight excluding hydrogens is 375 g/mol. The third-order valence-electron chi connectivity index (χ3n) is 4.14. The number of benzene rings is 2. The number of para-hydroxylation sites is 1. The van der Waals surface area contributed by atoms with E-state index in [1.54, 1.807) is 28.8 Å². The maximum Gasteiger partial charge on any atom is 0.262 e. The Hall–Kier alpha value is -2.57. The number of aryl methyl sites for hydroxylation is 1. The summed E-state index contributed by atoms with van der Waals surface area (Å²) in [4.78, 5) is 12.7. The van der Waals surface area contributed by atoms with Crippen LogP contribution >= 0.6 is 23.2 Å². The molecule has 0 radical (unpaired) electrons. The van der Waals surface area contributed by atoms with Crippen molar-refractivity contribution in [3.63, 3.8) is 0 Å². The molecule has 0 aliphatic rings. The number of hydrogen-bond acceptors (Lipinski definition) is 4. The number of halogens is 2. The Morgan fingerprint density at radius 2 is 1.92 bits per heavy atom.